The summed E-state index contributed by atoms with van der Waals surface area (Å²) >= 11 is 7.70. The Balaban J connectivity index is 0.805. The predicted molar refractivity (Wildman–Crippen MR) is 254 cm³/mol. The first-order valence-corrected chi connectivity index (χ1v) is 24.0. The molecular formula is C50H60ClN7O7S. The van der Waals surface area contributed by atoms with Gasteiger partial charge < -0.3 is 40.3 Å². The molecule has 0 radical (unpaired) electrons. The van der Waals surface area contributed by atoms with Crippen molar-refractivity contribution in [1.29, 1.82) is 5.26 Å². The summed E-state index contributed by atoms with van der Waals surface area (Å²) in [5, 5.41) is 29.1. The third-order valence-electron chi connectivity index (χ3n) is 12.9. The van der Waals surface area contributed by atoms with Crippen LogP contribution in [0.4, 0.5) is 5.69 Å². The molecule has 350 valence electrons. The Kier molecular flexibility index (Phi) is 15.7. The molecule has 1 aliphatic carbocycles. The van der Waals surface area contributed by atoms with E-state index in [1.807, 2.05) is 94.7 Å². The SMILES string of the molecule is Cc1ncsc1-c1ccc([C@H](C)NC(=O)[C@@H]2C[C@@H](O)CN2C(=O)[C@@H](NC(=O)COCCC2CCN(c3ccc(C(=O)N[C@H]4C[C@H](Oc5ccc(C#N)c(Cl)c5)C4)cc3)CC2)C(C)(C)C)cc1. The van der Waals surface area contributed by atoms with Gasteiger partial charge in [0.1, 0.15) is 36.6 Å². The van der Waals surface area contributed by atoms with Crippen molar-refractivity contribution in [2.75, 3.05) is 37.7 Å². The molecule has 0 spiro atoms. The average Bonchev–Trinajstić information content (AvgIpc) is 3.91. The van der Waals surface area contributed by atoms with Crippen molar-refractivity contribution in [2.45, 2.75) is 110 Å². The Morgan fingerprint density at radius 3 is 2.35 bits per heavy atom. The van der Waals surface area contributed by atoms with Gasteiger partial charge in [-0.2, -0.15) is 5.26 Å². The lowest BCUT2D eigenvalue weighted by Gasteiger charge is -2.36. The molecule has 0 unspecified atom stereocenters. The van der Waals surface area contributed by atoms with Crippen LogP contribution in [0.3, 0.4) is 0 Å². The number of nitrogens with one attached hydrogen (secondary N) is 3. The Hall–Kier alpha value is -5.53. The number of thiazole rings is 1. The molecule has 2 aliphatic heterocycles. The summed E-state index contributed by atoms with van der Waals surface area (Å²) in [6, 6.07) is 20.5. The van der Waals surface area contributed by atoms with Crippen molar-refractivity contribution in [3.05, 3.63) is 99.6 Å². The first-order valence-electron chi connectivity index (χ1n) is 22.7. The van der Waals surface area contributed by atoms with Gasteiger partial charge in [0, 0.05) is 68.9 Å². The number of likely N-dealkylation sites (tertiary alicyclic amines) is 1. The largest absolute Gasteiger partial charge is 0.490 e. The maximum absolute atomic E-state index is 14.1. The quantitative estimate of drug-likeness (QED) is 0.0855. The van der Waals surface area contributed by atoms with Gasteiger partial charge in [-0.3, -0.25) is 19.2 Å². The maximum atomic E-state index is 14.1. The van der Waals surface area contributed by atoms with E-state index in [2.05, 4.69) is 25.8 Å². The number of carbonyl (C=O) groups is 4. The number of benzene rings is 3. The first kappa shape index (κ1) is 48.4. The number of β-amino-alcohol motifs (C(OH)–C–C–N with tert-alkyl or cyclic N) is 1. The van der Waals surface area contributed by atoms with Crippen LogP contribution in [0, 0.1) is 29.6 Å². The monoisotopic (exact) mass is 937 g/mol. The minimum Gasteiger partial charge on any atom is -0.490 e. The summed E-state index contributed by atoms with van der Waals surface area (Å²) < 4.78 is 11.8. The van der Waals surface area contributed by atoms with Crippen LogP contribution in [0.5, 0.6) is 5.75 Å². The normalized spacial score (nSPS) is 20.7. The molecule has 66 heavy (non-hydrogen) atoms. The van der Waals surface area contributed by atoms with E-state index in [4.69, 9.17) is 26.3 Å². The summed E-state index contributed by atoms with van der Waals surface area (Å²) in [6.07, 6.45) is 3.31. The summed E-state index contributed by atoms with van der Waals surface area (Å²) in [4.78, 5) is 63.1. The van der Waals surface area contributed by atoms with Gasteiger partial charge in [-0.05, 0) is 92.0 Å². The minimum absolute atomic E-state index is 0.00681. The zero-order valence-corrected chi connectivity index (χ0v) is 39.8. The van der Waals surface area contributed by atoms with E-state index in [9.17, 15) is 24.3 Å². The number of anilines is 1. The number of nitrogens with zero attached hydrogens (tertiary/aromatic N) is 4. The summed E-state index contributed by atoms with van der Waals surface area (Å²) in [5.41, 5.74) is 6.12. The number of nitriles is 1. The number of carbonyl (C=O) groups excluding carboxylic acids is 4. The van der Waals surface area contributed by atoms with Crippen molar-refractivity contribution in [2.24, 2.45) is 11.3 Å². The summed E-state index contributed by atoms with van der Waals surface area (Å²) in [6.45, 7) is 11.4. The van der Waals surface area contributed by atoms with E-state index in [1.54, 1.807) is 29.5 Å². The average molecular weight is 939 g/mol. The van der Waals surface area contributed by atoms with Crippen LogP contribution in [-0.2, 0) is 19.1 Å². The number of hydrogen-bond acceptors (Lipinski definition) is 11. The van der Waals surface area contributed by atoms with Crippen LogP contribution in [0.2, 0.25) is 5.02 Å². The number of ether oxygens (including phenoxy) is 2. The standard InChI is InChI=1S/C50H60ClN7O7S/c1-30(33-6-8-34(9-7-33)45-31(2)53-29-66-45)54-48(62)43-24-39(59)27-58(43)49(63)46(50(3,4)5)56-44(60)28-64-21-18-32-16-19-57(20-17-32)38-13-10-35(11-14-38)47(61)55-37-22-41(23-37)65-40-15-12-36(26-52)42(51)25-40/h6-15,25,29-30,32,37,39,41,43,46,59H,16-24,27-28H2,1-5H3,(H,54,62)(H,55,61)(H,56,60)/t30-,37-,39+,41-,43-,46+/m0/s1. The van der Waals surface area contributed by atoms with E-state index < -0.39 is 35.4 Å². The molecule has 4 aromatic rings. The first-order chi connectivity index (χ1) is 31.6. The van der Waals surface area contributed by atoms with Crippen LogP contribution in [0.15, 0.2) is 72.2 Å². The molecule has 7 rings (SSSR count). The molecule has 1 saturated carbocycles. The Morgan fingerprint density at radius 2 is 1.71 bits per heavy atom. The highest BCUT2D eigenvalue weighted by Crippen LogP contribution is 2.32. The molecule has 4 N–H and O–H groups in total. The van der Waals surface area contributed by atoms with Gasteiger partial charge in [0.15, 0.2) is 0 Å². The molecule has 3 fully saturated rings. The Labute approximate surface area is 396 Å². The molecule has 16 heteroatoms. The fraction of sp³-hybridized carbons (Fsp3) is 0.480. The fourth-order valence-electron chi connectivity index (χ4n) is 8.84. The van der Waals surface area contributed by atoms with E-state index >= 15 is 0 Å². The van der Waals surface area contributed by atoms with E-state index in [0.717, 1.165) is 59.7 Å². The highest BCUT2D eigenvalue weighted by molar-refractivity contribution is 7.13. The Bertz CT molecular complexity index is 2380. The molecule has 14 nitrogen and oxygen atoms in total. The van der Waals surface area contributed by atoms with Gasteiger partial charge in [-0.15, -0.1) is 11.3 Å². The lowest BCUT2D eigenvalue weighted by molar-refractivity contribution is -0.144. The lowest BCUT2D eigenvalue weighted by Crippen LogP contribution is -2.58. The van der Waals surface area contributed by atoms with E-state index in [0.29, 0.717) is 47.3 Å². The topological polar surface area (TPSA) is 186 Å². The van der Waals surface area contributed by atoms with Crippen molar-refractivity contribution >= 4 is 52.3 Å². The van der Waals surface area contributed by atoms with Crippen molar-refractivity contribution in [1.82, 2.24) is 25.8 Å². The van der Waals surface area contributed by atoms with Gasteiger partial charge in [-0.1, -0.05) is 56.6 Å². The van der Waals surface area contributed by atoms with Gasteiger partial charge >= 0.3 is 0 Å². The zero-order valence-electron chi connectivity index (χ0n) is 38.2. The van der Waals surface area contributed by atoms with Gasteiger partial charge in [0.2, 0.25) is 17.7 Å². The molecule has 3 aliphatic rings. The molecule has 4 amide bonds. The smallest absolute Gasteiger partial charge is 0.251 e. The second kappa shape index (κ2) is 21.4. The number of rotatable bonds is 16. The number of piperidine rings is 1. The van der Waals surface area contributed by atoms with Crippen molar-refractivity contribution < 1.29 is 33.8 Å². The number of hydrogen-bond donors (Lipinski definition) is 4. The van der Waals surface area contributed by atoms with Gasteiger partial charge in [0.05, 0.1) is 38.8 Å². The number of amides is 4. The molecule has 0 bridgehead atoms. The number of aliphatic hydroxyl groups excluding tert-OH is 1. The maximum Gasteiger partial charge on any atom is 0.251 e. The van der Waals surface area contributed by atoms with Gasteiger partial charge in [0.25, 0.3) is 5.91 Å². The second-order valence-corrected chi connectivity index (χ2v) is 20.1. The summed E-state index contributed by atoms with van der Waals surface area (Å²) in [7, 11) is 0. The number of aromatic nitrogens is 1. The van der Waals surface area contributed by atoms with Crippen LogP contribution >= 0.6 is 22.9 Å². The lowest BCUT2D eigenvalue weighted by atomic mass is 9.85. The number of halogens is 1. The molecule has 3 aromatic carbocycles. The summed E-state index contributed by atoms with van der Waals surface area (Å²) in [5.74, 6) is -0.279. The zero-order chi connectivity index (χ0) is 47.1. The predicted octanol–water partition coefficient (Wildman–Crippen LogP) is 6.98. The van der Waals surface area contributed by atoms with E-state index in [1.165, 1.54) is 4.90 Å². The third kappa shape index (κ3) is 12.1. The molecule has 3 heterocycles. The Morgan fingerprint density at radius 1 is 1.00 bits per heavy atom. The second-order valence-electron chi connectivity index (χ2n) is 18.8. The number of aliphatic hydroxyl groups is 1. The molecule has 1 aromatic heterocycles. The minimum atomic E-state index is -0.944. The highest BCUT2D eigenvalue weighted by atomic mass is 35.5. The van der Waals surface area contributed by atoms with Crippen LogP contribution in [-0.4, -0.2) is 102 Å². The molecular weight excluding hydrogens is 878 g/mol. The van der Waals surface area contributed by atoms with Crippen molar-refractivity contribution in [3.63, 3.8) is 0 Å². The van der Waals surface area contributed by atoms with Crippen molar-refractivity contribution in [3.8, 4) is 22.3 Å². The highest BCUT2D eigenvalue weighted by Gasteiger charge is 2.45. The third-order valence-corrected chi connectivity index (χ3v) is 14.2. The fourth-order valence-corrected chi connectivity index (χ4v) is 9.86. The van der Waals surface area contributed by atoms with Crippen LogP contribution in [0.25, 0.3) is 10.4 Å². The molecule has 2 saturated heterocycles. The molecule has 4 atom stereocenters. The van der Waals surface area contributed by atoms with Crippen LogP contribution in [0.1, 0.15) is 99.4 Å². The van der Waals surface area contributed by atoms with E-state index in [-0.39, 0.29) is 49.6 Å². The number of aryl methyl sites for hydroxylation is 1. The van der Waals surface area contributed by atoms with Gasteiger partial charge in [-0.25, -0.2) is 4.98 Å². The van der Waals surface area contributed by atoms with Crippen LogP contribution < -0.4 is 25.6 Å².